The Labute approximate surface area is 195 Å². The van der Waals surface area contributed by atoms with Gasteiger partial charge >= 0.3 is 12.1 Å². The summed E-state index contributed by atoms with van der Waals surface area (Å²) in [5.41, 5.74) is -0.504. The molecule has 2 fully saturated rings. The lowest BCUT2D eigenvalue weighted by atomic mass is 9.91. The molecule has 0 bridgehead atoms. The van der Waals surface area contributed by atoms with Crippen molar-refractivity contribution < 1.29 is 36.6 Å². The molecule has 1 heterocycles. The van der Waals surface area contributed by atoms with E-state index in [1.165, 1.54) is 24.3 Å². The summed E-state index contributed by atoms with van der Waals surface area (Å²) < 4.78 is 63.7. The van der Waals surface area contributed by atoms with E-state index < -0.39 is 33.9 Å². The predicted molar refractivity (Wildman–Crippen MR) is 118 cm³/mol. The number of rotatable bonds is 6. The lowest BCUT2D eigenvalue weighted by molar-refractivity contribution is -0.138. The number of nitrogens with one attached hydrogen (secondary N) is 1. The van der Waals surface area contributed by atoms with Crippen LogP contribution in [0.1, 0.15) is 40.2 Å². The van der Waals surface area contributed by atoms with Gasteiger partial charge in [-0.25, -0.2) is 13.2 Å². The molecule has 1 saturated heterocycles. The number of benzene rings is 2. The summed E-state index contributed by atoms with van der Waals surface area (Å²) in [6, 6.07) is 9.25. The van der Waals surface area contributed by atoms with E-state index in [9.17, 15) is 36.6 Å². The van der Waals surface area contributed by atoms with Crippen LogP contribution in [0.4, 0.5) is 18.9 Å². The van der Waals surface area contributed by atoms with Gasteiger partial charge in [0.25, 0.3) is 0 Å². The van der Waals surface area contributed by atoms with Crippen LogP contribution in [0.15, 0.2) is 47.4 Å². The molecule has 0 aromatic heterocycles. The molecule has 0 spiro atoms. The summed E-state index contributed by atoms with van der Waals surface area (Å²) in [7, 11) is -3.61. The Bertz CT molecular complexity index is 1190. The number of aromatic carboxylic acids is 1. The molecule has 7 nitrogen and oxygen atoms in total. The Kier molecular flexibility index (Phi) is 6.38. The second-order valence-corrected chi connectivity index (χ2v) is 11.0. The molecule has 4 rings (SSSR count). The van der Waals surface area contributed by atoms with E-state index in [4.69, 9.17) is 0 Å². The van der Waals surface area contributed by atoms with Crippen molar-refractivity contribution >= 4 is 21.5 Å². The Morgan fingerprint density at radius 2 is 1.74 bits per heavy atom. The van der Waals surface area contributed by atoms with Gasteiger partial charge in [0.2, 0.25) is 0 Å². The molecule has 11 heteroatoms. The number of hydrogen-bond acceptors (Lipinski definition) is 6. The van der Waals surface area contributed by atoms with Crippen LogP contribution in [0.3, 0.4) is 0 Å². The fourth-order valence-corrected chi connectivity index (χ4v) is 5.84. The smallest absolute Gasteiger partial charge is 0.416 e. The normalized spacial score (nSPS) is 24.1. The van der Waals surface area contributed by atoms with Gasteiger partial charge in [-0.1, -0.05) is 18.2 Å². The Balaban J connectivity index is 1.44. The maximum Gasteiger partial charge on any atom is 0.416 e. The molecule has 3 N–H and O–H groups in total. The predicted octanol–water partition coefficient (Wildman–Crippen LogP) is 3.62. The van der Waals surface area contributed by atoms with E-state index in [1.807, 2.05) is 0 Å². The lowest BCUT2D eigenvalue weighted by Gasteiger charge is -2.27. The van der Waals surface area contributed by atoms with E-state index in [0.717, 1.165) is 18.4 Å². The molecule has 184 valence electrons. The minimum atomic E-state index is -4.41. The molecule has 1 aliphatic carbocycles. The largest absolute Gasteiger partial charge is 0.478 e. The number of hydrogen-bond donors (Lipinski definition) is 3. The molecular weight excluding hydrogens is 473 g/mol. The number of halogens is 3. The second-order valence-electron chi connectivity index (χ2n) is 9.03. The van der Waals surface area contributed by atoms with Gasteiger partial charge in [0, 0.05) is 19.3 Å². The first-order valence-electron chi connectivity index (χ1n) is 10.8. The molecule has 0 amide bonds. The van der Waals surface area contributed by atoms with Crippen LogP contribution in [0.25, 0.3) is 0 Å². The van der Waals surface area contributed by atoms with Crippen molar-refractivity contribution in [1.82, 2.24) is 4.90 Å². The first-order chi connectivity index (χ1) is 15.8. The molecular formula is C23H25F3N2O5S. The number of nitrogens with zero attached hydrogens (tertiary/aromatic N) is 1. The number of carboxylic acids is 1. The van der Waals surface area contributed by atoms with Gasteiger partial charge in [-0.15, -0.1) is 0 Å². The summed E-state index contributed by atoms with van der Waals surface area (Å²) in [5.74, 6) is -1.34. The topological polar surface area (TPSA) is 107 Å². The summed E-state index contributed by atoms with van der Waals surface area (Å²) in [5, 5.41) is 22.9. The Hall–Kier alpha value is -2.63. The van der Waals surface area contributed by atoms with Crippen molar-refractivity contribution in [1.29, 1.82) is 0 Å². The molecule has 4 atom stereocenters. The zero-order chi connectivity index (χ0) is 24.8. The monoisotopic (exact) mass is 498 g/mol. The van der Waals surface area contributed by atoms with Crippen LogP contribution in [0, 0.1) is 11.8 Å². The van der Waals surface area contributed by atoms with E-state index >= 15 is 0 Å². The minimum Gasteiger partial charge on any atom is -0.478 e. The van der Waals surface area contributed by atoms with Crippen molar-refractivity contribution in [2.75, 3.05) is 24.7 Å². The first-order valence-corrected chi connectivity index (χ1v) is 12.7. The highest BCUT2D eigenvalue weighted by atomic mass is 32.2. The fourth-order valence-electron chi connectivity index (χ4n) is 5.19. The SMILES string of the molecule is CS(=O)(=O)c1ccc(NC(O)N2C[C@H]3CC(c4ccccc4C(F)(F)F)C[C@H]3C2)c(C(=O)O)c1. The van der Waals surface area contributed by atoms with Crippen molar-refractivity contribution in [2.45, 2.75) is 36.2 Å². The first kappa shape index (κ1) is 24.5. The van der Waals surface area contributed by atoms with Crippen LogP contribution in [0.2, 0.25) is 0 Å². The number of likely N-dealkylation sites (tertiary alicyclic amines) is 1. The van der Waals surface area contributed by atoms with Gasteiger partial charge in [0.05, 0.1) is 21.7 Å². The van der Waals surface area contributed by atoms with Crippen molar-refractivity contribution in [3.63, 3.8) is 0 Å². The fraction of sp³-hybridized carbons (Fsp3) is 0.435. The van der Waals surface area contributed by atoms with Crippen molar-refractivity contribution in [3.8, 4) is 0 Å². The number of carboxylic acid groups (broad SMARTS) is 1. The Morgan fingerprint density at radius 3 is 2.29 bits per heavy atom. The van der Waals surface area contributed by atoms with Crippen LogP contribution in [0.5, 0.6) is 0 Å². The average Bonchev–Trinajstić information content (AvgIpc) is 3.32. The maximum atomic E-state index is 13.4. The van der Waals surface area contributed by atoms with Gasteiger partial charge in [-0.2, -0.15) is 13.2 Å². The van der Waals surface area contributed by atoms with Crippen LogP contribution < -0.4 is 5.32 Å². The zero-order valence-electron chi connectivity index (χ0n) is 18.3. The van der Waals surface area contributed by atoms with E-state index in [2.05, 4.69) is 5.32 Å². The molecule has 2 aliphatic rings. The zero-order valence-corrected chi connectivity index (χ0v) is 19.1. The number of aliphatic hydroxyl groups is 1. The molecule has 1 aliphatic heterocycles. The highest BCUT2D eigenvalue weighted by Gasteiger charge is 2.45. The minimum absolute atomic E-state index is 0.0708. The number of alkyl halides is 3. The van der Waals surface area contributed by atoms with Gasteiger partial charge < -0.3 is 15.5 Å². The summed E-state index contributed by atoms with van der Waals surface area (Å²) in [6.07, 6.45) is -3.52. The quantitative estimate of drug-likeness (QED) is 0.523. The molecule has 34 heavy (non-hydrogen) atoms. The van der Waals surface area contributed by atoms with E-state index in [0.29, 0.717) is 31.5 Å². The number of aliphatic hydroxyl groups excluding tert-OH is 1. The summed E-state index contributed by atoms with van der Waals surface area (Å²) in [6.45, 7) is 0.903. The summed E-state index contributed by atoms with van der Waals surface area (Å²) >= 11 is 0. The van der Waals surface area contributed by atoms with Gasteiger partial charge in [0.1, 0.15) is 0 Å². The molecule has 2 aromatic carbocycles. The third kappa shape index (κ3) is 4.91. The number of sulfone groups is 1. The Morgan fingerprint density at radius 1 is 1.12 bits per heavy atom. The molecule has 2 unspecified atom stereocenters. The number of fused-ring (bicyclic) bond motifs is 1. The number of anilines is 1. The second kappa shape index (κ2) is 8.86. The van der Waals surface area contributed by atoms with Gasteiger partial charge in [0.15, 0.2) is 16.2 Å². The lowest BCUT2D eigenvalue weighted by Crippen LogP contribution is -2.40. The highest BCUT2D eigenvalue weighted by molar-refractivity contribution is 7.90. The molecule has 0 radical (unpaired) electrons. The van der Waals surface area contributed by atoms with Crippen LogP contribution in [-0.4, -0.2) is 55.2 Å². The van der Waals surface area contributed by atoms with Crippen LogP contribution >= 0.6 is 0 Å². The van der Waals surface area contributed by atoms with Crippen LogP contribution in [-0.2, 0) is 16.0 Å². The van der Waals surface area contributed by atoms with E-state index in [1.54, 1.807) is 11.0 Å². The van der Waals surface area contributed by atoms with Gasteiger partial charge in [-0.3, -0.25) is 4.90 Å². The third-order valence-corrected chi connectivity index (χ3v) is 7.88. The van der Waals surface area contributed by atoms with Gasteiger partial charge in [-0.05, 0) is 60.4 Å². The maximum absolute atomic E-state index is 13.4. The van der Waals surface area contributed by atoms with Crippen molar-refractivity contribution in [3.05, 3.63) is 59.2 Å². The van der Waals surface area contributed by atoms with Crippen molar-refractivity contribution in [2.24, 2.45) is 11.8 Å². The molecule has 2 aromatic rings. The number of carbonyl (C=O) groups is 1. The highest BCUT2D eigenvalue weighted by Crippen LogP contribution is 2.49. The summed E-state index contributed by atoms with van der Waals surface area (Å²) in [4.78, 5) is 13.2. The van der Waals surface area contributed by atoms with E-state index in [-0.39, 0.29) is 33.9 Å². The average molecular weight is 499 g/mol. The molecule has 1 saturated carbocycles. The third-order valence-electron chi connectivity index (χ3n) is 6.77. The standard InChI is InChI=1S/C23H25F3N2O5S/c1-34(32,33)16-6-7-20(18(10-16)21(29)30)27-22(31)28-11-14-8-13(9-15(14)12-28)17-4-2-3-5-19(17)23(24,25)26/h2-7,10,13-15,22,27,31H,8-9,11-12H2,1H3,(H,29,30)/t13?,14-,15+,22?.